The average molecular weight is 402 g/mol. The van der Waals surface area contributed by atoms with Crippen molar-refractivity contribution in [2.45, 2.75) is 40.3 Å². The van der Waals surface area contributed by atoms with Crippen molar-refractivity contribution in [2.24, 2.45) is 0 Å². The molecule has 0 aliphatic heterocycles. The van der Waals surface area contributed by atoms with Gasteiger partial charge in [0, 0.05) is 12.1 Å². The summed E-state index contributed by atoms with van der Waals surface area (Å²) in [5, 5.41) is 6.54. The Hall–Kier alpha value is -3.29. The quantitative estimate of drug-likeness (QED) is 0.508. The molecular weight excluding hydrogens is 376 g/mol. The Morgan fingerprint density at radius 1 is 1.24 bits per heavy atom. The van der Waals surface area contributed by atoms with Crippen LogP contribution in [0.15, 0.2) is 28.8 Å². The summed E-state index contributed by atoms with van der Waals surface area (Å²) in [5.74, 6) is 0.826. The molecule has 2 aromatic rings. The molecule has 1 amide bonds. The van der Waals surface area contributed by atoms with Gasteiger partial charge in [-0.15, -0.1) is 0 Å². The predicted octanol–water partition coefficient (Wildman–Crippen LogP) is 2.96. The second-order valence-electron chi connectivity index (χ2n) is 6.66. The SMILES string of the molecule is COc1cc(/C=C/C(=O)OCC(=O)NC(C)C)ccc1OCc1c(C)noc1C. The highest BCUT2D eigenvalue weighted by atomic mass is 16.5. The van der Waals surface area contributed by atoms with Gasteiger partial charge >= 0.3 is 5.97 Å². The largest absolute Gasteiger partial charge is 0.493 e. The van der Waals surface area contributed by atoms with E-state index >= 15 is 0 Å². The van der Waals surface area contributed by atoms with Crippen molar-refractivity contribution in [1.82, 2.24) is 10.5 Å². The molecule has 8 nitrogen and oxygen atoms in total. The van der Waals surface area contributed by atoms with Crippen molar-refractivity contribution < 1.29 is 28.3 Å². The number of benzene rings is 1. The standard InChI is InChI=1S/C21H26N2O6/c1-13(2)22-20(24)12-28-21(25)9-7-16-6-8-18(19(10-16)26-5)27-11-17-14(3)23-29-15(17)4/h6-10,13H,11-12H2,1-5H3,(H,22,24)/b9-7+. The normalized spacial score (nSPS) is 11.0. The summed E-state index contributed by atoms with van der Waals surface area (Å²) >= 11 is 0. The van der Waals surface area contributed by atoms with Gasteiger partial charge in [0.2, 0.25) is 0 Å². The van der Waals surface area contributed by atoms with Gasteiger partial charge < -0.3 is 24.1 Å². The van der Waals surface area contributed by atoms with Crippen LogP contribution < -0.4 is 14.8 Å². The van der Waals surface area contributed by atoms with Crippen LogP contribution in [0, 0.1) is 13.8 Å². The summed E-state index contributed by atoms with van der Waals surface area (Å²) in [7, 11) is 1.53. The van der Waals surface area contributed by atoms with E-state index in [-0.39, 0.29) is 18.6 Å². The summed E-state index contributed by atoms with van der Waals surface area (Å²) < 4.78 is 21.2. The monoisotopic (exact) mass is 402 g/mol. The molecule has 0 saturated heterocycles. The lowest BCUT2D eigenvalue weighted by atomic mass is 10.2. The fraction of sp³-hybridized carbons (Fsp3) is 0.381. The maximum atomic E-state index is 11.8. The van der Waals surface area contributed by atoms with E-state index in [4.69, 9.17) is 18.7 Å². The number of methoxy groups -OCH3 is 1. The van der Waals surface area contributed by atoms with Crippen molar-refractivity contribution in [3.05, 3.63) is 46.9 Å². The number of rotatable bonds is 9. The number of amides is 1. The number of esters is 1. The Bertz CT molecular complexity index is 866. The van der Waals surface area contributed by atoms with E-state index in [0.717, 1.165) is 16.8 Å². The van der Waals surface area contributed by atoms with Gasteiger partial charge in [-0.05, 0) is 51.5 Å². The molecule has 0 aliphatic rings. The molecule has 0 saturated carbocycles. The average Bonchev–Trinajstić information content (AvgIpc) is 3.00. The highest BCUT2D eigenvalue weighted by Gasteiger charge is 2.12. The third-order valence-electron chi connectivity index (χ3n) is 3.95. The molecule has 1 heterocycles. The Morgan fingerprint density at radius 2 is 2.00 bits per heavy atom. The number of hydrogen-bond donors (Lipinski definition) is 1. The first-order valence-corrected chi connectivity index (χ1v) is 9.17. The van der Waals surface area contributed by atoms with Crippen LogP contribution in [0.4, 0.5) is 0 Å². The molecular formula is C21H26N2O6. The van der Waals surface area contributed by atoms with Crippen LogP contribution in [0.3, 0.4) is 0 Å². The molecule has 0 spiro atoms. The lowest BCUT2D eigenvalue weighted by Crippen LogP contribution is -2.33. The fourth-order valence-corrected chi connectivity index (χ4v) is 2.48. The molecule has 0 unspecified atom stereocenters. The number of carbonyl (C=O) groups is 2. The first-order valence-electron chi connectivity index (χ1n) is 9.17. The Morgan fingerprint density at radius 3 is 2.62 bits per heavy atom. The lowest BCUT2D eigenvalue weighted by Gasteiger charge is -2.11. The van der Waals surface area contributed by atoms with E-state index in [1.165, 1.54) is 13.2 Å². The van der Waals surface area contributed by atoms with E-state index in [1.807, 2.05) is 27.7 Å². The maximum Gasteiger partial charge on any atom is 0.331 e. The summed E-state index contributed by atoms with van der Waals surface area (Å²) in [6.45, 7) is 7.32. The van der Waals surface area contributed by atoms with Gasteiger partial charge in [-0.25, -0.2) is 4.79 Å². The molecule has 0 fully saturated rings. The van der Waals surface area contributed by atoms with Gasteiger partial charge in [-0.1, -0.05) is 11.2 Å². The number of ether oxygens (including phenoxy) is 3. The highest BCUT2D eigenvalue weighted by Crippen LogP contribution is 2.30. The van der Waals surface area contributed by atoms with Crippen molar-refractivity contribution in [2.75, 3.05) is 13.7 Å². The second-order valence-corrected chi connectivity index (χ2v) is 6.66. The minimum absolute atomic E-state index is 0.0115. The minimum atomic E-state index is -0.610. The molecule has 0 bridgehead atoms. The number of aryl methyl sites for hydroxylation is 2. The first kappa shape index (κ1) is 22.0. The Kier molecular flexibility index (Phi) is 7.82. The van der Waals surface area contributed by atoms with Gasteiger partial charge in [-0.2, -0.15) is 0 Å². The molecule has 8 heteroatoms. The first-order chi connectivity index (χ1) is 13.8. The van der Waals surface area contributed by atoms with Crippen molar-refractivity contribution in [1.29, 1.82) is 0 Å². The third kappa shape index (κ3) is 6.67. The molecule has 156 valence electrons. The van der Waals surface area contributed by atoms with Crippen LogP contribution in [0.2, 0.25) is 0 Å². The minimum Gasteiger partial charge on any atom is -0.493 e. The highest BCUT2D eigenvalue weighted by molar-refractivity contribution is 5.89. The van der Waals surface area contributed by atoms with Crippen molar-refractivity contribution in [3.8, 4) is 11.5 Å². The van der Waals surface area contributed by atoms with E-state index in [1.54, 1.807) is 24.3 Å². The number of carbonyl (C=O) groups excluding carboxylic acids is 2. The number of nitrogens with one attached hydrogen (secondary N) is 1. The molecule has 2 rings (SSSR count). The molecule has 1 N–H and O–H groups in total. The summed E-state index contributed by atoms with van der Waals surface area (Å²) in [6.07, 6.45) is 2.82. The zero-order valence-electron chi connectivity index (χ0n) is 17.3. The van der Waals surface area contributed by atoms with Crippen LogP contribution >= 0.6 is 0 Å². The van der Waals surface area contributed by atoms with Crippen LogP contribution in [-0.2, 0) is 20.9 Å². The van der Waals surface area contributed by atoms with E-state index in [0.29, 0.717) is 23.9 Å². The molecule has 0 atom stereocenters. The van der Waals surface area contributed by atoms with Crippen LogP contribution in [0.5, 0.6) is 11.5 Å². The second kappa shape index (κ2) is 10.3. The smallest absolute Gasteiger partial charge is 0.331 e. The van der Waals surface area contributed by atoms with E-state index in [9.17, 15) is 9.59 Å². The van der Waals surface area contributed by atoms with E-state index in [2.05, 4.69) is 10.5 Å². The van der Waals surface area contributed by atoms with Gasteiger partial charge in [0.25, 0.3) is 5.91 Å². The van der Waals surface area contributed by atoms with Crippen molar-refractivity contribution in [3.63, 3.8) is 0 Å². The van der Waals surface area contributed by atoms with Gasteiger partial charge in [0.15, 0.2) is 18.1 Å². The van der Waals surface area contributed by atoms with Gasteiger partial charge in [0.1, 0.15) is 12.4 Å². The molecule has 29 heavy (non-hydrogen) atoms. The van der Waals surface area contributed by atoms with Crippen LogP contribution in [-0.4, -0.2) is 36.8 Å². The molecule has 1 aromatic carbocycles. The zero-order valence-corrected chi connectivity index (χ0v) is 17.3. The fourth-order valence-electron chi connectivity index (χ4n) is 2.48. The predicted molar refractivity (Wildman–Crippen MR) is 107 cm³/mol. The molecule has 0 aliphatic carbocycles. The number of aromatic nitrogens is 1. The zero-order chi connectivity index (χ0) is 21.4. The van der Waals surface area contributed by atoms with Gasteiger partial charge in [0.05, 0.1) is 18.4 Å². The Balaban J connectivity index is 1.96. The number of nitrogens with zero attached hydrogens (tertiary/aromatic N) is 1. The van der Waals surface area contributed by atoms with Gasteiger partial charge in [-0.3, -0.25) is 4.79 Å². The molecule has 0 radical (unpaired) electrons. The molecule has 1 aromatic heterocycles. The summed E-state index contributed by atoms with van der Waals surface area (Å²) in [6, 6.07) is 5.25. The Labute approximate surface area is 169 Å². The van der Waals surface area contributed by atoms with Crippen LogP contribution in [0.25, 0.3) is 6.08 Å². The van der Waals surface area contributed by atoms with Crippen LogP contribution in [0.1, 0.15) is 36.4 Å². The van der Waals surface area contributed by atoms with Crippen molar-refractivity contribution >= 4 is 18.0 Å². The number of hydrogen-bond acceptors (Lipinski definition) is 7. The summed E-state index contributed by atoms with van der Waals surface area (Å²) in [4.78, 5) is 23.3. The maximum absolute atomic E-state index is 11.8. The topological polar surface area (TPSA) is 99.9 Å². The lowest BCUT2D eigenvalue weighted by molar-refractivity contribution is -0.143. The third-order valence-corrected chi connectivity index (χ3v) is 3.95. The van der Waals surface area contributed by atoms with E-state index < -0.39 is 5.97 Å². The summed E-state index contributed by atoms with van der Waals surface area (Å²) in [5.41, 5.74) is 2.39.